The van der Waals surface area contributed by atoms with Crippen LogP contribution in [0.4, 0.5) is 0 Å². The topological polar surface area (TPSA) is 19.0 Å². The Morgan fingerprint density at radius 1 is 1.04 bits per heavy atom. The number of aryl methyl sites for hydroxylation is 1. The molecule has 0 radical (unpaired) electrons. The molecule has 0 atom stereocenters. The Labute approximate surface area is 144 Å². The van der Waals surface area contributed by atoms with Crippen LogP contribution in [0.1, 0.15) is 35.4 Å². The molecule has 1 N–H and O–H groups in total. The van der Waals surface area contributed by atoms with E-state index in [0.29, 0.717) is 0 Å². The molecule has 0 unspecified atom stereocenters. The predicted molar refractivity (Wildman–Crippen MR) is 102 cm³/mol. The molecule has 0 saturated carbocycles. The van der Waals surface area contributed by atoms with Crippen LogP contribution in [0, 0.1) is 6.92 Å². The van der Waals surface area contributed by atoms with E-state index in [1.807, 2.05) is 0 Å². The normalized spacial score (nSPS) is 16.7. The molecule has 3 aromatic rings. The lowest BCUT2D eigenvalue weighted by Crippen LogP contribution is -2.34. The van der Waals surface area contributed by atoms with Crippen molar-refractivity contribution in [3.05, 3.63) is 71.4 Å². The zero-order valence-electron chi connectivity index (χ0n) is 14.5. The largest absolute Gasteiger partial charge is 0.361 e. The fourth-order valence-corrected chi connectivity index (χ4v) is 4.03. The number of benzene rings is 2. The molecule has 1 aromatic heterocycles. The Morgan fingerprint density at radius 3 is 2.71 bits per heavy atom. The van der Waals surface area contributed by atoms with Crippen molar-refractivity contribution in [2.75, 3.05) is 19.6 Å². The van der Waals surface area contributed by atoms with Crippen molar-refractivity contribution in [3.63, 3.8) is 0 Å². The number of likely N-dealkylation sites (tertiary alicyclic amines) is 1. The van der Waals surface area contributed by atoms with Crippen molar-refractivity contribution in [1.29, 1.82) is 0 Å². The number of hydrogen-bond acceptors (Lipinski definition) is 1. The van der Waals surface area contributed by atoms with Gasteiger partial charge in [0.15, 0.2) is 0 Å². The minimum Gasteiger partial charge on any atom is -0.361 e. The first kappa shape index (κ1) is 15.5. The van der Waals surface area contributed by atoms with E-state index in [2.05, 4.69) is 71.5 Å². The number of piperidine rings is 1. The lowest BCUT2D eigenvalue weighted by molar-refractivity contribution is 0.215. The standard InChI is InChI=1S/C22H26N2/c1-17-5-4-6-19(15-17)18-9-12-24(13-10-18)14-11-20-16-23-22-8-3-2-7-21(20)22/h2-8,15-16,18,23H,9-14H2,1H3. The van der Waals surface area contributed by atoms with Crippen LogP contribution in [-0.2, 0) is 6.42 Å². The minimum absolute atomic E-state index is 0.745. The summed E-state index contributed by atoms with van der Waals surface area (Å²) in [6.45, 7) is 5.81. The van der Waals surface area contributed by atoms with Crippen molar-refractivity contribution >= 4 is 10.9 Å². The van der Waals surface area contributed by atoms with Gasteiger partial charge in [-0.2, -0.15) is 0 Å². The van der Waals surface area contributed by atoms with Gasteiger partial charge in [-0.25, -0.2) is 0 Å². The second kappa shape index (κ2) is 6.82. The molecule has 4 rings (SSSR count). The average Bonchev–Trinajstić information content (AvgIpc) is 3.04. The summed E-state index contributed by atoms with van der Waals surface area (Å²) in [4.78, 5) is 6.02. The molecule has 1 saturated heterocycles. The molecular formula is C22H26N2. The quantitative estimate of drug-likeness (QED) is 0.725. The van der Waals surface area contributed by atoms with Crippen molar-refractivity contribution in [2.24, 2.45) is 0 Å². The first-order valence-corrected chi connectivity index (χ1v) is 9.13. The molecule has 24 heavy (non-hydrogen) atoms. The maximum Gasteiger partial charge on any atom is 0.0456 e. The van der Waals surface area contributed by atoms with Crippen LogP contribution in [-0.4, -0.2) is 29.5 Å². The highest BCUT2D eigenvalue weighted by atomic mass is 15.1. The number of fused-ring (bicyclic) bond motifs is 1. The van der Waals surface area contributed by atoms with Crippen molar-refractivity contribution in [1.82, 2.24) is 9.88 Å². The van der Waals surface area contributed by atoms with E-state index in [0.717, 1.165) is 12.3 Å². The van der Waals surface area contributed by atoms with Crippen LogP contribution in [0.5, 0.6) is 0 Å². The van der Waals surface area contributed by atoms with Crippen LogP contribution < -0.4 is 0 Å². The van der Waals surface area contributed by atoms with Crippen LogP contribution >= 0.6 is 0 Å². The maximum atomic E-state index is 3.39. The Bertz CT molecular complexity index is 809. The monoisotopic (exact) mass is 318 g/mol. The highest BCUT2D eigenvalue weighted by molar-refractivity contribution is 5.83. The van der Waals surface area contributed by atoms with Crippen molar-refractivity contribution in [3.8, 4) is 0 Å². The van der Waals surface area contributed by atoms with Crippen LogP contribution in [0.15, 0.2) is 54.7 Å². The number of nitrogens with zero attached hydrogens (tertiary/aromatic N) is 1. The summed E-state index contributed by atoms with van der Waals surface area (Å²) in [5, 5.41) is 1.38. The maximum absolute atomic E-state index is 3.39. The number of nitrogens with one attached hydrogen (secondary N) is 1. The fourth-order valence-electron chi connectivity index (χ4n) is 4.03. The van der Waals surface area contributed by atoms with Gasteiger partial charge < -0.3 is 9.88 Å². The van der Waals surface area contributed by atoms with Crippen LogP contribution in [0.25, 0.3) is 10.9 Å². The van der Waals surface area contributed by atoms with Gasteiger partial charge in [-0.05, 0) is 62.4 Å². The molecule has 0 aliphatic carbocycles. The summed E-state index contributed by atoms with van der Waals surface area (Å²) < 4.78 is 0. The first-order valence-electron chi connectivity index (χ1n) is 9.13. The van der Waals surface area contributed by atoms with Gasteiger partial charge in [0, 0.05) is 23.6 Å². The summed E-state index contributed by atoms with van der Waals surface area (Å²) in [6, 6.07) is 17.7. The molecule has 1 aliphatic heterocycles. The number of para-hydroxylation sites is 1. The van der Waals surface area contributed by atoms with E-state index in [-0.39, 0.29) is 0 Å². The summed E-state index contributed by atoms with van der Waals surface area (Å²) >= 11 is 0. The molecule has 2 aromatic carbocycles. The average molecular weight is 318 g/mol. The molecule has 0 amide bonds. The van der Waals surface area contributed by atoms with Gasteiger partial charge in [0.1, 0.15) is 0 Å². The highest BCUT2D eigenvalue weighted by Crippen LogP contribution is 2.28. The van der Waals surface area contributed by atoms with E-state index in [1.165, 1.54) is 60.1 Å². The van der Waals surface area contributed by atoms with E-state index >= 15 is 0 Å². The van der Waals surface area contributed by atoms with Crippen LogP contribution in [0.2, 0.25) is 0 Å². The third kappa shape index (κ3) is 3.25. The number of rotatable bonds is 4. The molecule has 1 aliphatic rings. The third-order valence-electron chi connectivity index (χ3n) is 5.47. The first-order chi connectivity index (χ1) is 11.8. The van der Waals surface area contributed by atoms with E-state index < -0.39 is 0 Å². The number of hydrogen-bond donors (Lipinski definition) is 1. The number of aromatic nitrogens is 1. The Hall–Kier alpha value is -2.06. The molecule has 124 valence electrons. The molecule has 0 bridgehead atoms. The predicted octanol–water partition coefficient (Wildman–Crippen LogP) is 4.90. The van der Waals surface area contributed by atoms with E-state index in [9.17, 15) is 0 Å². The van der Waals surface area contributed by atoms with Crippen molar-refractivity contribution in [2.45, 2.75) is 32.1 Å². The SMILES string of the molecule is Cc1cccc(C2CCN(CCc3c[nH]c4ccccc34)CC2)c1. The van der Waals surface area contributed by atoms with E-state index in [1.54, 1.807) is 0 Å². The number of H-pyrrole nitrogens is 1. The third-order valence-corrected chi connectivity index (χ3v) is 5.47. The van der Waals surface area contributed by atoms with Gasteiger partial charge in [-0.1, -0.05) is 48.0 Å². The fraction of sp³-hybridized carbons (Fsp3) is 0.364. The lowest BCUT2D eigenvalue weighted by atomic mass is 9.88. The van der Waals surface area contributed by atoms with Gasteiger partial charge in [-0.3, -0.25) is 0 Å². The zero-order chi connectivity index (χ0) is 16.4. The summed E-state index contributed by atoms with van der Waals surface area (Å²) in [7, 11) is 0. The molecule has 0 spiro atoms. The Balaban J connectivity index is 1.33. The van der Waals surface area contributed by atoms with Gasteiger partial charge in [0.05, 0.1) is 0 Å². The Morgan fingerprint density at radius 2 is 1.88 bits per heavy atom. The zero-order valence-corrected chi connectivity index (χ0v) is 14.5. The highest BCUT2D eigenvalue weighted by Gasteiger charge is 2.20. The molecule has 2 heterocycles. The summed E-state index contributed by atoms with van der Waals surface area (Å²) in [6.07, 6.45) is 5.90. The summed E-state index contributed by atoms with van der Waals surface area (Å²) in [5.74, 6) is 0.745. The van der Waals surface area contributed by atoms with Gasteiger partial charge in [-0.15, -0.1) is 0 Å². The van der Waals surface area contributed by atoms with Crippen LogP contribution in [0.3, 0.4) is 0 Å². The summed E-state index contributed by atoms with van der Waals surface area (Å²) in [5.41, 5.74) is 5.62. The van der Waals surface area contributed by atoms with Gasteiger partial charge >= 0.3 is 0 Å². The number of aromatic amines is 1. The lowest BCUT2D eigenvalue weighted by Gasteiger charge is -2.32. The van der Waals surface area contributed by atoms with E-state index in [4.69, 9.17) is 0 Å². The smallest absolute Gasteiger partial charge is 0.0456 e. The second-order valence-corrected chi connectivity index (χ2v) is 7.14. The molecular weight excluding hydrogens is 292 g/mol. The van der Waals surface area contributed by atoms with Gasteiger partial charge in [0.2, 0.25) is 0 Å². The molecule has 2 nitrogen and oxygen atoms in total. The molecule has 1 fully saturated rings. The minimum atomic E-state index is 0.745. The second-order valence-electron chi connectivity index (χ2n) is 7.14. The van der Waals surface area contributed by atoms with Gasteiger partial charge in [0.25, 0.3) is 0 Å². The molecule has 2 heteroatoms. The Kier molecular flexibility index (Phi) is 4.40. The van der Waals surface area contributed by atoms with Crippen molar-refractivity contribution < 1.29 is 0 Å².